The van der Waals surface area contributed by atoms with Crippen molar-refractivity contribution in [2.45, 2.75) is 52.7 Å². The highest BCUT2D eigenvalue weighted by Gasteiger charge is 2.34. The fraction of sp³-hybridized carbons (Fsp3) is 0.556. The van der Waals surface area contributed by atoms with Crippen molar-refractivity contribution < 1.29 is 28.7 Å². The van der Waals surface area contributed by atoms with E-state index in [4.69, 9.17) is 22.2 Å². The molecule has 0 N–H and O–H groups in total. The van der Waals surface area contributed by atoms with E-state index in [-0.39, 0.29) is 17.0 Å². The third-order valence-corrected chi connectivity index (χ3v) is 3.06. The second kappa shape index (κ2) is 8.60. The van der Waals surface area contributed by atoms with Crippen molar-refractivity contribution in [2.24, 2.45) is 0 Å². The summed E-state index contributed by atoms with van der Waals surface area (Å²) in [6.07, 6.45) is -2.00. The molecular weight excluding hydrogens is 365 g/mol. The largest absolute Gasteiger partial charge is 0.443 e. The van der Waals surface area contributed by atoms with Gasteiger partial charge in [-0.15, -0.1) is 0 Å². The van der Waals surface area contributed by atoms with Gasteiger partial charge in [0.1, 0.15) is 30.6 Å². The quantitative estimate of drug-likeness (QED) is 0.575. The third kappa shape index (κ3) is 6.52. The summed E-state index contributed by atoms with van der Waals surface area (Å²) in [5.41, 5.74) is -1.90. The maximum atomic E-state index is 12.7. The van der Waals surface area contributed by atoms with Gasteiger partial charge in [-0.3, -0.25) is 9.63 Å². The van der Waals surface area contributed by atoms with Crippen LogP contribution in [-0.2, 0) is 14.3 Å². The molecule has 28 heavy (non-hydrogen) atoms. The monoisotopic (exact) mass is 391 g/mol. The van der Waals surface area contributed by atoms with Crippen LogP contribution < -0.4 is 10.4 Å². The Balaban J connectivity index is 3.43. The first-order valence-electron chi connectivity index (χ1n) is 8.51. The first-order chi connectivity index (χ1) is 12.7. The Morgan fingerprint density at radius 3 is 1.82 bits per heavy atom. The summed E-state index contributed by atoms with van der Waals surface area (Å²) in [7, 11) is 8.49. The summed E-state index contributed by atoms with van der Waals surface area (Å²) in [6.45, 7) is 9.90. The van der Waals surface area contributed by atoms with Crippen LogP contribution >= 0.6 is 0 Å². The maximum absolute atomic E-state index is 12.7. The smallest absolute Gasteiger partial charge is 0.425 e. The van der Waals surface area contributed by atoms with Gasteiger partial charge in [-0.2, -0.15) is 4.90 Å². The fourth-order valence-corrected chi connectivity index (χ4v) is 1.86. The lowest BCUT2D eigenvalue weighted by Crippen LogP contribution is -2.44. The van der Waals surface area contributed by atoms with Gasteiger partial charge in [0.15, 0.2) is 0 Å². The van der Waals surface area contributed by atoms with Gasteiger partial charge in [-0.25, -0.2) is 19.6 Å². The summed E-state index contributed by atoms with van der Waals surface area (Å²) in [6, 6.07) is 2.66. The van der Waals surface area contributed by atoms with E-state index in [1.54, 1.807) is 41.5 Å². The molecule has 0 unspecified atom stereocenters. The summed E-state index contributed by atoms with van der Waals surface area (Å²) in [5.74, 6) is -0.833. The normalized spacial score (nSPS) is 11.6. The van der Waals surface area contributed by atoms with Gasteiger partial charge in [0.2, 0.25) is 0 Å². The Bertz CT molecular complexity index is 727. The highest BCUT2D eigenvalue weighted by Crippen LogP contribution is 2.20. The van der Waals surface area contributed by atoms with Crippen molar-refractivity contribution >= 4 is 37.2 Å². The second-order valence-corrected chi connectivity index (χ2v) is 7.89. The van der Waals surface area contributed by atoms with Crippen LogP contribution in [0.2, 0.25) is 0 Å². The molecule has 0 bridgehead atoms. The Morgan fingerprint density at radius 2 is 1.43 bits per heavy atom. The molecule has 152 valence electrons. The topological polar surface area (TPSA) is 98.3 Å². The average Bonchev–Trinajstić information content (AvgIpc) is 2.51. The number of nitrogens with zero attached hydrogens (tertiary/aromatic N) is 3. The van der Waals surface area contributed by atoms with Crippen molar-refractivity contribution in [1.82, 2.24) is 10.0 Å². The molecule has 0 saturated heterocycles. The minimum Gasteiger partial charge on any atom is -0.443 e. The van der Waals surface area contributed by atoms with Crippen LogP contribution in [0.5, 0.6) is 0 Å². The van der Waals surface area contributed by atoms with Gasteiger partial charge in [0.25, 0.3) is 5.91 Å². The predicted molar refractivity (Wildman–Crippen MR) is 104 cm³/mol. The van der Waals surface area contributed by atoms with E-state index in [2.05, 4.69) is 4.98 Å². The van der Waals surface area contributed by atoms with Crippen molar-refractivity contribution in [3.8, 4) is 0 Å². The molecule has 0 aliphatic heterocycles. The average molecular weight is 391 g/mol. The molecule has 0 aliphatic rings. The molecule has 1 aromatic heterocycles. The molecule has 1 heterocycles. The van der Waals surface area contributed by atoms with Gasteiger partial charge < -0.3 is 9.47 Å². The van der Waals surface area contributed by atoms with E-state index in [1.807, 2.05) is 0 Å². The zero-order chi connectivity index (χ0) is 21.9. The molecule has 0 spiro atoms. The van der Waals surface area contributed by atoms with Crippen molar-refractivity contribution in [1.29, 1.82) is 0 Å². The molecule has 0 saturated carbocycles. The van der Waals surface area contributed by atoms with E-state index in [0.29, 0.717) is 4.90 Å². The minimum atomic E-state index is -1.00. The predicted octanol–water partition coefficient (Wildman–Crippen LogP) is 2.19. The van der Waals surface area contributed by atoms with Crippen LogP contribution in [-0.4, -0.2) is 61.3 Å². The molecule has 10 heteroatoms. The number of hydroxylamine groups is 2. The molecule has 3 amide bonds. The Hall–Kier alpha value is -2.62. The number of hydrogen-bond donors (Lipinski definition) is 0. The molecular formula is C18H26BN3O6. The van der Waals surface area contributed by atoms with E-state index in [9.17, 15) is 14.4 Å². The molecule has 1 aromatic rings. The van der Waals surface area contributed by atoms with Crippen molar-refractivity contribution in [3.63, 3.8) is 0 Å². The number of rotatable bonds is 3. The number of ether oxygens (including phenoxy) is 2. The highest BCUT2D eigenvalue weighted by molar-refractivity contribution is 6.36. The van der Waals surface area contributed by atoms with Gasteiger partial charge >= 0.3 is 12.2 Å². The van der Waals surface area contributed by atoms with E-state index >= 15 is 0 Å². The van der Waals surface area contributed by atoms with Gasteiger partial charge in [-0.05, 0) is 47.6 Å². The number of aromatic nitrogens is 1. The first-order valence-corrected chi connectivity index (χ1v) is 8.51. The molecule has 0 aromatic carbocycles. The summed E-state index contributed by atoms with van der Waals surface area (Å²) >= 11 is 0. The highest BCUT2D eigenvalue weighted by atomic mass is 16.7. The number of pyridine rings is 1. The Kier molecular flexibility index (Phi) is 7.19. The van der Waals surface area contributed by atoms with Crippen LogP contribution in [0.3, 0.4) is 0 Å². The van der Waals surface area contributed by atoms with Gasteiger partial charge in [0.05, 0.1) is 7.11 Å². The van der Waals surface area contributed by atoms with Gasteiger partial charge in [0, 0.05) is 7.05 Å². The van der Waals surface area contributed by atoms with Crippen LogP contribution in [0.15, 0.2) is 12.1 Å². The van der Waals surface area contributed by atoms with Crippen LogP contribution in [0.4, 0.5) is 15.4 Å². The standard InChI is InChI=1S/C18H26BN3O6/c1-17(2,3)27-15(24)22(16(25)28-18(4,5)6)12-10-9-11(19)13(20-12)14(23)21(7)26-8/h9-10H,1-8H3. The van der Waals surface area contributed by atoms with E-state index < -0.39 is 29.3 Å². The third-order valence-electron chi connectivity index (χ3n) is 3.06. The van der Waals surface area contributed by atoms with Crippen LogP contribution in [0, 0.1) is 0 Å². The SMILES string of the molecule is [B]c1ccc(N(C(=O)OC(C)(C)C)C(=O)OC(C)(C)C)nc1C(=O)N(C)OC. The summed E-state index contributed by atoms with van der Waals surface area (Å²) in [4.78, 5) is 47.2. The second-order valence-electron chi connectivity index (χ2n) is 7.89. The molecule has 1 rings (SSSR count). The van der Waals surface area contributed by atoms with E-state index in [1.165, 1.54) is 26.3 Å². The summed E-state index contributed by atoms with van der Waals surface area (Å²) in [5, 5.41) is 0.910. The Morgan fingerprint density at radius 1 is 0.964 bits per heavy atom. The fourth-order valence-electron chi connectivity index (χ4n) is 1.86. The van der Waals surface area contributed by atoms with Crippen LogP contribution in [0.1, 0.15) is 52.0 Å². The lowest BCUT2D eigenvalue weighted by Gasteiger charge is -2.28. The number of amides is 3. The number of imide groups is 1. The first kappa shape index (κ1) is 23.4. The lowest BCUT2D eigenvalue weighted by atomic mass is 9.94. The zero-order valence-corrected chi connectivity index (χ0v) is 17.5. The maximum Gasteiger partial charge on any atom is 0.425 e. The molecule has 0 atom stereocenters. The minimum absolute atomic E-state index is 0.0472. The molecule has 9 nitrogen and oxygen atoms in total. The van der Waals surface area contributed by atoms with Crippen LogP contribution in [0.25, 0.3) is 0 Å². The van der Waals surface area contributed by atoms with Crippen molar-refractivity contribution in [3.05, 3.63) is 17.8 Å². The lowest BCUT2D eigenvalue weighted by molar-refractivity contribution is -0.0759. The Labute approximate surface area is 166 Å². The number of anilines is 1. The number of carbonyl (C=O) groups is 3. The molecule has 2 radical (unpaired) electrons. The van der Waals surface area contributed by atoms with E-state index in [0.717, 1.165) is 5.06 Å². The number of hydrogen-bond acceptors (Lipinski definition) is 7. The zero-order valence-electron chi connectivity index (χ0n) is 17.5. The van der Waals surface area contributed by atoms with Gasteiger partial charge in [-0.1, -0.05) is 11.5 Å². The molecule has 0 aliphatic carbocycles. The molecule has 0 fully saturated rings. The van der Waals surface area contributed by atoms with Crippen molar-refractivity contribution in [2.75, 3.05) is 19.1 Å². The summed E-state index contributed by atoms with van der Waals surface area (Å²) < 4.78 is 10.6. The number of carbonyl (C=O) groups excluding carboxylic acids is 3.